The fourth-order valence-corrected chi connectivity index (χ4v) is 5.92. The van der Waals surface area contributed by atoms with Crippen LogP contribution in [-0.4, -0.2) is 42.2 Å². The highest BCUT2D eigenvalue weighted by Crippen LogP contribution is 2.36. The van der Waals surface area contributed by atoms with Crippen LogP contribution in [0.4, 0.5) is 0 Å². The van der Waals surface area contributed by atoms with Gasteiger partial charge < -0.3 is 28.8 Å². The van der Waals surface area contributed by atoms with Gasteiger partial charge in [-0.25, -0.2) is 0 Å². The molecule has 0 unspecified atom stereocenters. The molecule has 6 rings (SSSR count). The van der Waals surface area contributed by atoms with Gasteiger partial charge in [0.15, 0.2) is 0 Å². The molecule has 1 N–H and O–H groups in total. The van der Waals surface area contributed by atoms with E-state index in [2.05, 4.69) is 0 Å². The maximum absolute atomic E-state index is 11.9. The molecular formula is C41H42O6. The zero-order valence-corrected chi connectivity index (χ0v) is 26.4. The van der Waals surface area contributed by atoms with Crippen LogP contribution in [0.1, 0.15) is 33.9 Å². The van der Waals surface area contributed by atoms with E-state index in [0.29, 0.717) is 26.4 Å². The van der Waals surface area contributed by atoms with E-state index in [4.69, 9.17) is 23.7 Å². The molecular weight excluding hydrogens is 588 g/mol. The Bertz CT molecular complexity index is 1570. The first-order valence-corrected chi connectivity index (χ1v) is 16.2. The Morgan fingerprint density at radius 3 is 1.32 bits per heavy atom. The second kappa shape index (κ2) is 17.1. The van der Waals surface area contributed by atoms with E-state index in [1.54, 1.807) is 0 Å². The lowest BCUT2D eigenvalue weighted by Gasteiger charge is -2.47. The monoisotopic (exact) mass is 630 g/mol. The number of ether oxygens (including phenoxy) is 5. The van der Waals surface area contributed by atoms with Gasteiger partial charge in [-0.3, -0.25) is 0 Å². The van der Waals surface area contributed by atoms with Crippen molar-refractivity contribution in [1.29, 1.82) is 0 Å². The van der Waals surface area contributed by atoms with E-state index in [9.17, 15) is 5.11 Å². The Balaban J connectivity index is 1.34. The highest BCUT2D eigenvalue weighted by atomic mass is 16.6. The van der Waals surface area contributed by atoms with Gasteiger partial charge in [0.05, 0.1) is 33.0 Å². The number of aliphatic hydroxyl groups is 1. The summed E-state index contributed by atoms with van der Waals surface area (Å²) in [6.45, 7) is 1.67. The molecule has 1 heterocycles. The number of hydrogen-bond donors (Lipinski definition) is 1. The molecule has 5 aromatic carbocycles. The highest BCUT2D eigenvalue weighted by Gasteiger charge is 2.50. The number of benzene rings is 5. The summed E-state index contributed by atoms with van der Waals surface area (Å²) < 4.78 is 33.3. The zero-order valence-electron chi connectivity index (χ0n) is 26.4. The van der Waals surface area contributed by atoms with E-state index in [0.717, 1.165) is 27.8 Å². The lowest BCUT2D eigenvalue weighted by atomic mass is 9.89. The van der Waals surface area contributed by atoms with Crippen molar-refractivity contribution < 1.29 is 28.8 Å². The van der Waals surface area contributed by atoms with Gasteiger partial charge in [-0.2, -0.15) is 0 Å². The summed E-state index contributed by atoms with van der Waals surface area (Å²) in [6, 6.07) is 49.7. The Hall–Kier alpha value is -4.14. The highest BCUT2D eigenvalue weighted by molar-refractivity contribution is 5.21. The quantitative estimate of drug-likeness (QED) is 0.130. The summed E-state index contributed by atoms with van der Waals surface area (Å²) in [4.78, 5) is 0. The molecule has 1 aliphatic heterocycles. The fraction of sp³-hybridized carbons (Fsp3) is 0.268. The summed E-state index contributed by atoms with van der Waals surface area (Å²) in [5, 5.41) is 11.9. The maximum Gasteiger partial charge on any atom is 0.117 e. The molecule has 1 saturated heterocycles. The standard InChI is InChI=1S/C41H42O6/c42-37(35-24-14-5-15-25-35)39-41(46-29-34-22-12-4-13-23-34)40(45-28-33-20-10-3-11-21-33)38(44-27-32-18-8-2-9-19-32)36(47-39)30-43-26-31-16-6-1-7-17-31/h1-25,36-42H,26-30H2/t36-,37-,38-,39-,40+,41+/m1/s1. The van der Waals surface area contributed by atoms with Crippen LogP contribution in [-0.2, 0) is 50.1 Å². The summed E-state index contributed by atoms with van der Waals surface area (Å²) in [5.74, 6) is 0. The topological polar surface area (TPSA) is 66.4 Å². The van der Waals surface area contributed by atoms with E-state index in [1.807, 2.05) is 152 Å². The van der Waals surface area contributed by atoms with Crippen molar-refractivity contribution in [1.82, 2.24) is 0 Å². The van der Waals surface area contributed by atoms with Crippen LogP contribution in [0.15, 0.2) is 152 Å². The molecule has 6 atom stereocenters. The molecule has 0 aliphatic carbocycles. The van der Waals surface area contributed by atoms with Gasteiger partial charge in [0, 0.05) is 0 Å². The minimum atomic E-state index is -0.980. The van der Waals surface area contributed by atoms with Gasteiger partial charge >= 0.3 is 0 Å². The van der Waals surface area contributed by atoms with Crippen LogP contribution >= 0.6 is 0 Å². The predicted molar refractivity (Wildman–Crippen MR) is 181 cm³/mol. The maximum atomic E-state index is 11.9. The average molecular weight is 631 g/mol. The Kier molecular flexibility index (Phi) is 12.0. The third-order valence-electron chi connectivity index (χ3n) is 8.37. The molecule has 1 fully saturated rings. The Morgan fingerprint density at radius 2 is 0.851 bits per heavy atom. The zero-order chi connectivity index (χ0) is 32.1. The smallest absolute Gasteiger partial charge is 0.117 e. The second-order valence-electron chi connectivity index (χ2n) is 11.8. The van der Waals surface area contributed by atoms with Gasteiger partial charge in [-0.05, 0) is 27.8 Å². The molecule has 5 aromatic rings. The van der Waals surface area contributed by atoms with Crippen LogP contribution in [0.25, 0.3) is 0 Å². The molecule has 0 amide bonds. The molecule has 0 bridgehead atoms. The van der Waals surface area contributed by atoms with Gasteiger partial charge in [-0.1, -0.05) is 152 Å². The van der Waals surface area contributed by atoms with E-state index < -0.39 is 36.6 Å². The fourth-order valence-electron chi connectivity index (χ4n) is 5.92. The normalized spacial score (nSPS) is 21.7. The largest absolute Gasteiger partial charge is 0.386 e. The van der Waals surface area contributed by atoms with Crippen LogP contribution < -0.4 is 0 Å². The first-order valence-electron chi connectivity index (χ1n) is 16.2. The molecule has 6 heteroatoms. The number of hydrogen-bond acceptors (Lipinski definition) is 6. The molecule has 6 nitrogen and oxygen atoms in total. The third kappa shape index (κ3) is 9.24. The predicted octanol–water partition coefficient (Wildman–Crippen LogP) is 7.46. The molecule has 0 radical (unpaired) electrons. The van der Waals surface area contributed by atoms with Crippen molar-refractivity contribution in [3.05, 3.63) is 179 Å². The van der Waals surface area contributed by atoms with Crippen LogP contribution in [0.3, 0.4) is 0 Å². The van der Waals surface area contributed by atoms with Crippen LogP contribution in [0.2, 0.25) is 0 Å². The molecule has 47 heavy (non-hydrogen) atoms. The summed E-state index contributed by atoms with van der Waals surface area (Å²) in [6.07, 6.45) is -4.11. The minimum Gasteiger partial charge on any atom is -0.386 e. The number of rotatable bonds is 15. The Labute approximate surface area is 277 Å². The molecule has 0 spiro atoms. The first kappa shape index (κ1) is 32.8. The second-order valence-corrected chi connectivity index (χ2v) is 11.8. The summed E-state index contributed by atoms with van der Waals surface area (Å²) >= 11 is 0. The number of aliphatic hydroxyl groups excluding tert-OH is 1. The van der Waals surface area contributed by atoms with Crippen LogP contribution in [0.5, 0.6) is 0 Å². The van der Waals surface area contributed by atoms with Crippen molar-refractivity contribution in [3.63, 3.8) is 0 Å². The lowest BCUT2D eigenvalue weighted by molar-refractivity contribution is -0.287. The van der Waals surface area contributed by atoms with Crippen molar-refractivity contribution in [2.75, 3.05) is 6.61 Å². The van der Waals surface area contributed by atoms with Crippen molar-refractivity contribution in [3.8, 4) is 0 Å². The van der Waals surface area contributed by atoms with Gasteiger partial charge in [-0.15, -0.1) is 0 Å². The minimum absolute atomic E-state index is 0.239. The first-order chi connectivity index (χ1) is 23.2. The molecule has 1 aliphatic rings. The van der Waals surface area contributed by atoms with Gasteiger partial charge in [0.1, 0.15) is 36.6 Å². The van der Waals surface area contributed by atoms with E-state index in [-0.39, 0.29) is 6.61 Å². The molecule has 0 saturated carbocycles. The van der Waals surface area contributed by atoms with Crippen LogP contribution in [0, 0.1) is 0 Å². The van der Waals surface area contributed by atoms with Crippen molar-refractivity contribution >= 4 is 0 Å². The third-order valence-corrected chi connectivity index (χ3v) is 8.37. The summed E-state index contributed by atoms with van der Waals surface area (Å²) in [7, 11) is 0. The van der Waals surface area contributed by atoms with Crippen molar-refractivity contribution in [2.45, 2.75) is 63.1 Å². The molecule has 242 valence electrons. The van der Waals surface area contributed by atoms with Crippen molar-refractivity contribution in [2.24, 2.45) is 0 Å². The van der Waals surface area contributed by atoms with E-state index in [1.165, 1.54) is 0 Å². The van der Waals surface area contributed by atoms with E-state index >= 15 is 0 Å². The van der Waals surface area contributed by atoms with Gasteiger partial charge in [0.2, 0.25) is 0 Å². The summed E-state index contributed by atoms with van der Waals surface area (Å²) in [5.41, 5.74) is 4.87. The van der Waals surface area contributed by atoms with Gasteiger partial charge in [0.25, 0.3) is 0 Å². The average Bonchev–Trinajstić information content (AvgIpc) is 3.14. The lowest BCUT2D eigenvalue weighted by Crippen LogP contribution is -2.62. The SMILES string of the molecule is O[C@H](c1ccccc1)[C@H]1O[C@H](COCc2ccccc2)[C@@H](OCc2ccccc2)[C@H](OCc2ccccc2)[C@H]1OCc1ccccc1. The Morgan fingerprint density at radius 1 is 0.468 bits per heavy atom. The molecule has 0 aromatic heterocycles.